The van der Waals surface area contributed by atoms with Crippen LogP contribution in [0.3, 0.4) is 0 Å². The lowest BCUT2D eigenvalue weighted by Gasteiger charge is -2.15. The van der Waals surface area contributed by atoms with Crippen molar-refractivity contribution in [2.24, 2.45) is 0 Å². The number of hydrogen-bond donors (Lipinski definition) is 0. The lowest BCUT2D eigenvalue weighted by Crippen LogP contribution is -2.14. The second kappa shape index (κ2) is 6.12. The number of aromatic nitrogens is 3. The molecule has 0 fully saturated rings. The van der Waals surface area contributed by atoms with E-state index < -0.39 is 18.6 Å². The molecule has 0 aliphatic rings. The third-order valence-electron chi connectivity index (χ3n) is 3.38. The van der Waals surface area contributed by atoms with Crippen molar-refractivity contribution >= 4 is 17.0 Å². The molecular formula is C16H13F2N3O2. The number of carbonyl (C=O) groups excluding carboxylic acids is 1. The van der Waals surface area contributed by atoms with E-state index in [9.17, 15) is 13.6 Å². The monoisotopic (exact) mass is 317 g/mol. The lowest BCUT2D eigenvalue weighted by molar-refractivity contribution is 0.0233. The Morgan fingerprint density at radius 2 is 1.87 bits per heavy atom. The van der Waals surface area contributed by atoms with Gasteiger partial charge in [-0.3, -0.25) is 9.55 Å². The van der Waals surface area contributed by atoms with Crippen LogP contribution in [0.1, 0.15) is 35.8 Å². The first kappa shape index (κ1) is 15.1. The van der Waals surface area contributed by atoms with Crippen LogP contribution in [-0.4, -0.2) is 20.5 Å². The lowest BCUT2D eigenvalue weighted by atomic mass is 10.3. The van der Waals surface area contributed by atoms with Gasteiger partial charge in [-0.15, -0.1) is 0 Å². The summed E-state index contributed by atoms with van der Waals surface area (Å²) in [6.07, 6.45) is 1.99. The maximum atomic E-state index is 13.4. The molecule has 2 heterocycles. The fourth-order valence-corrected chi connectivity index (χ4v) is 2.32. The molecule has 0 spiro atoms. The predicted molar refractivity (Wildman–Crippen MR) is 79.1 cm³/mol. The van der Waals surface area contributed by atoms with Crippen LogP contribution in [0.5, 0.6) is 0 Å². The first-order chi connectivity index (χ1) is 11.1. The maximum Gasteiger partial charge on any atom is 0.338 e. The van der Waals surface area contributed by atoms with Gasteiger partial charge in [-0.2, -0.15) is 8.78 Å². The van der Waals surface area contributed by atoms with Gasteiger partial charge in [-0.05, 0) is 31.2 Å². The van der Waals surface area contributed by atoms with Crippen molar-refractivity contribution in [1.29, 1.82) is 0 Å². The Morgan fingerprint density at radius 3 is 2.57 bits per heavy atom. The molecule has 3 rings (SSSR count). The molecule has 5 nitrogen and oxygen atoms in total. The highest BCUT2D eigenvalue weighted by Crippen LogP contribution is 2.28. The smallest absolute Gasteiger partial charge is 0.338 e. The summed E-state index contributed by atoms with van der Waals surface area (Å²) in [6, 6.07) is 9.53. The number of benzene rings is 1. The molecule has 118 valence electrons. The van der Waals surface area contributed by atoms with Crippen LogP contribution >= 0.6 is 0 Å². The van der Waals surface area contributed by atoms with Crippen LogP contribution < -0.4 is 0 Å². The average molecular weight is 317 g/mol. The zero-order valence-corrected chi connectivity index (χ0v) is 12.2. The molecule has 1 unspecified atom stereocenters. The van der Waals surface area contributed by atoms with Gasteiger partial charge < -0.3 is 4.74 Å². The Morgan fingerprint density at radius 1 is 1.17 bits per heavy atom. The molecule has 1 aromatic carbocycles. The number of hydrogen-bond acceptors (Lipinski definition) is 4. The minimum atomic E-state index is -2.78. The summed E-state index contributed by atoms with van der Waals surface area (Å²) in [4.78, 5) is 20.0. The summed E-state index contributed by atoms with van der Waals surface area (Å²) < 4.78 is 32.8. The molecular weight excluding hydrogens is 304 g/mol. The zero-order valence-electron chi connectivity index (χ0n) is 12.2. The topological polar surface area (TPSA) is 57.0 Å². The van der Waals surface area contributed by atoms with E-state index in [1.165, 1.54) is 31.5 Å². The van der Waals surface area contributed by atoms with Crippen molar-refractivity contribution in [1.82, 2.24) is 14.5 Å². The summed E-state index contributed by atoms with van der Waals surface area (Å²) >= 11 is 0. The maximum absolute atomic E-state index is 13.4. The van der Waals surface area contributed by atoms with Gasteiger partial charge in [0.25, 0.3) is 0 Å². The number of halogens is 2. The van der Waals surface area contributed by atoms with Crippen molar-refractivity contribution in [2.75, 3.05) is 0 Å². The molecule has 1 atom stereocenters. The minimum absolute atomic E-state index is 0.00334. The van der Waals surface area contributed by atoms with Crippen molar-refractivity contribution in [3.05, 3.63) is 60.2 Å². The first-order valence-electron chi connectivity index (χ1n) is 6.94. The van der Waals surface area contributed by atoms with Gasteiger partial charge in [0.05, 0.1) is 16.6 Å². The standard InChI is InChI=1S/C16H13F2N3O2/c1-10(23-15(22)11-6-8-19-9-7-11)14-20-12-4-2-3-5-13(12)21(14)16(17)18/h2-10,16H,1H3. The zero-order chi connectivity index (χ0) is 16.4. The molecule has 0 saturated carbocycles. The van der Waals surface area contributed by atoms with Crippen molar-refractivity contribution in [2.45, 2.75) is 19.6 Å². The second-order valence-electron chi connectivity index (χ2n) is 4.89. The van der Waals surface area contributed by atoms with Crippen LogP contribution in [0, 0.1) is 0 Å². The van der Waals surface area contributed by atoms with E-state index in [1.54, 1.807) is 24.3 Å². The number of esters is 1. The molecule has 0 amide bonds. The molecule has 3 aromatic rings. The summed E-state index contributed by atoms with van der Waals surface area (Å²) in [5, 5.41) is 0. The number of fused-ring (bicyclic) bond motifs is 1. The van der Waals surface area contributed by atoms with Crippen molar-refractivity contribution in [3.8, 4) is 0 Å². The van der Waals surface area contributed by atoms with Gasteiger partial charge in [0.15, 0.2) is 11.9 Å². The minimum Gasteiger partial charge on any atom is -0.451 e. The Kier molecular flexibility index (Phi) is 4.01. The van der Waals surface area contributed by atoms with Gasteiger partial charge in [-0.1, -0.05) is 12.1 Å². The van der Waals surface area contributed by atoms with E-state index >= 15 is 0 Å². The molecule has 23 heavy (non-hydrogen) atoms. The highest BCUT2D eigenvalue weighted by molar-refractivity contribution is 5.89. The van der Waals surface area contributed by atoms with E-state index in [2.05, 4.69) is 9.97 Å². The summed E-state index contributed by atoms with van der Waals surface area (Å²) in [6.45, 7) is -1.27. The van der Waals surface area contributed by atoms with E-state index in [0.717, 1.165) is 4.57 Å². The van der Waals surface area contributed by atoms with E-state index in [-0.39, 0.29) is 5.82 Å². The predicted octanol–water partition coefficient (Wildman–Crippen LogP) is 3.74. The molecule has 0 aliphatic carbocycles. The third-order valence-corrected chi connectivity index (χ3v) is 3.38. The highest BCUT2D eigenvalue weighted by Gasteiger charge is 2.24. The summed E-state index contributed by atoms with van der Waals surface area (Å²) in [5.74, 6) is -0.614. The molecule has 0 aliphatic heterocycles. The first-order valence-corrected chi connectivity index (χ1v) is 6.94. The number of ether oxygens (including phenoxy) is 1. The van der Waals surface area contributed by atoms with Gasteiger partial charge in [0, 0.05) is 12.4 Å². The average Bonchev–Trinajstić information content (AvgIpc) is 2.95. The van der Waals surface area contributed by atoms with Gasteiger partial charge in [0.1, 0.15) is 0 Å². The van der Waals surface area contributed by atoms with Crippen molar-refractivity contribution in [3.63, 3.8) is 0 Å². The normalized spacial score (nSPS) is 12.5. The van der Waals surface area contributed by atoms with E-state index in [4.69, 9.17) is 4.74 Å². The molecule has 0 N–H and O–H groups in total. The summed E-state index contributed by atoms with van der Waals surface area (Å²) in [5.41, 5.74) is 1.02. The molecule has 7 heteroatoms. The fraction of sp³-hybridized carbons (Fsp3) is 0.188. The van der Waals surface area contributed by atoms with Crippen LogP contribution in [0.25, 0.3) is 11.0 Å². The number of rotatable bonds is 4. The third kappa shape index (κ3) is 2.90. The molecule has 2 aromatic heterocycles. The Balaban J connectivity index is 1.93. The van der Waals surface area contributed by atoms with Crippen LogP contribution in [0.2, 0.25) is 0 Å². The number of para-hydroxylation sites is 2. The molecule has 0 saturated heterocycles. The fourth-order valence-electron chi connectivity index (χ4n) is 2.32. The summed E-state index contributed by atoms with van der Waals surface area (Å²) in [7, 11) is 0. The number of pyridine rings is 1. The quantitative estimate of drug-likeness (QED) is 0.688. The largest absolute Gasteiger partial charge is 0.451 e. The van der Waals surface area contributed by atoms with Crippen LogP contribution in [0.4, 0.5) is 8.78 Å². The van der Waals surface area contributed by atoms with Gasteiger partial charge in [-0.25, -0.2) is 9.78 Å². The molecule has 0 radical (unpaired) electrons. The van der Waals surface area contributed by atoms with Crippen molar-refractivity contribution < 1.29 is 18.3 Å². The van der Waals surface area contributed by atoms with Gasteiger partial charge >= 0.3 is 12.5 Å². The molecule has 0 bridgehead atoms. The number of carbonyl (C=O) groups is 1. The number of nitrogens with zero attached hydrogens (tertiary/aromatic N) is 3. The van der Waals surface area contributed by atoms with Crippen LogP contribution in [-0.2, 0) is 4.74 Å². The Hall–Kier alpha value is -2.83. The number of imidazole rings is 1. The number of alkyl halides is 2. The van der Waals surface area contributed by atoms with E-state index in [1.807, 2.05) is 0 Å². The van der Waals surface area contributed by atoms with E-state index in [0.29, 0.717) is 16.6 Å². The highest BCUT2D eigenvalue weighted by atomic mass is 19.3. The van der Waals surface area contributed by atoms with Crippen LogP contribution in [0.15, 0.2) is 48.8 Å². The SMILES string of the molecule is CC(OC(=O)c1ccncc1)c1nc2ccccc2n1C(F)F. The second-order valence-corrected chi connectivity index (χ2v) is 4.89. The Labute approximate surface area is 130 Å². The Bertz CT molecular complexity index is 834. The van der Waals surface area contributed by atoms with Gasteiger partial charge in [0.2, 0.25) is 0 Å².